The molecule has 0 spiro atoms. The number of pyridine rings is 2. The van der Waals surface area contributed by atoms with Crippen molar-refractivity contribution in [3.05, 3.63) is 57.8 Å². The second kappa shape index (κ2) is 10.6. The van der Waals surface area contributed by atoms with E-state index in [2.05, 4.69) is 9.88 Å². The molecule has 4 rings (SSSR count). The summed E-state index contributed by atoms with van der Waals surface area (Å²) in [6.07, 6.45) is 5.48. The Kier molecular flexibility index (Phi) is 7.39. The second-order valence-electron chi connectivity index (χ2n) is 8.39. The predicted molar refractivity (Wildman–Crippen MR) is 121 cm³/mol. The van der Waals surface area contributed by atoms with Crippen LogP contribution >= 0.6 is 0 Å². The van der Waals surface area contributed by atoms with Crippen LogP contribution in [0.5, 0.6) is 5.75 Å². The Morgan fingerprint density at radius 3 is 2.61 bits per heavy atom. The summed E-state index contributed by atoms with van der Waals surface area (Å²) in [5.74, 6) is -0.330. The lowest BCUT2D eigenvalue weighted by molar-refractivity contribution is -0.132. The highest BCUT2D eigenvalue weighted by molar-refractivity contribution is 5.93. The summed E-state index contributed by atoms with van der Waals surface area (Å²) >= 11 is 0. The molecule has 0 saturated carbocycles. The lowest BCUT2D eigenvalue weighted by atomic mass is 10.1. The van der Waals surface area contributed by atoms with Crippen LogP contribution in [-0.2, 0) is 29.1 Å². The molecule has 9 nitrogen and oxygen atoms in total. The second-order valence-corrected chi connectivity index (χ2v) is 8.39. The van der Waals surface area contributed by atoms with E-state index in [4.69, 9.17) is 9.47 Å². The molecule has 33 heavy (non-hydrogen) atoms. The zero-order valence-electron chi connectivity index (χ0n) is 19.0. The smallest absolute Gasteiger partial charge is 0.343 e. The van der Waals surface area contributed by atoms with E-state index in [1.54, 1.807) is 27.8 Å². The fourth-order valence-corrected chi connectivity index (χ4v) is 4.48. The van der Waals surface area contributed by atoms with Crippen molar-refractivity contribution in [3.63, 3.8) is 0 Å². The summed E-state index contributed by atoms with van der Waals surface area (Å²) in [7, 11) is 1.30. The molecule has 0 aliphatic carbocycles. The molecule has 0 bridgehead atoms. The van der Waals surface area contributed by atoms with Crippen molar-refractivity contribution in [1.82, 2.24) is 19.4 Å². The van der Waals surface area contributed by atoms with Gasteiger partial charge < -0.3 is 18.9 Å². The number of ether oxygens (including phenoxy) is 2. The Hall–Kier alpha value is -3.20. The number of carbonyl (C=O) groups excluding carboxylic acids is 2. The maximum atomic E-state index is 12.9. The van der Waals surface area contributed by atoms with E-state index in [0.29, 0.717) is 44.0 Å². The van der Waals surface area contributed by atoms with Crippen molar-refractivity contribution in [1.29, 1.82) is 0 Å². The maximum absolute atomic E-state index is 12.9. The van der Waals surface area contributed by atoms with Gasteiger partial charge in [-0.25, -0.2) is 4.79 Å². The fourth-order valence-electron chi connectivity index (χ4n) is 4.48. The first-order valence-corrected chi connectivity index (χ1v) is 11.4. The lowest BCUT2D eigenvalue weighted by Crippen LogP contribution is -2.43. The number of carbonyl (C=O) groups is 2. The Labute approximate surface area is 192 Å². The summed E-state index contributed by atoms with van der Waals surface area (Å²) in [5, 5.41) is 0. The minimum Gasteiger partial charge on any atom is -0.486 e. The number of amides is 1. The molecule has 4 heterocycles. The highest BCUT2D eigenvalue weighted by atomic mass is 16.5. The molecular formula is C24H30N4O5. The molecule has 0 radical (unpaired) electrons. The van der Waals surface area contributed by atoms with Crippen molar-refractivity contribution in [2.45, 2.75) is 38.8 Å². The van der Waals surface area contributed by atoms with Gasteiger partial charge in [-0.3, -0.25) is 19.5 Å². The highest BCUT2D eigenvalue weighted by Crippen LogP contribution is 2.25. The molecule has 1 saturated heterocycles. The quantitative estimate of drug-likeness (QED) is 0.610. The normalized spacial score (nSPS) is 16.6. The van der Waals surface area contributed by atoms with Crippen molar-refractivity contribution < 1.29 is 19.1 Å². The van der Waals surface area contributed by atoms with E-state index in [0.717, 1.165) is 25.9 Å². The van der Waals surface area contributed by atoms with Gasteiger partial charge in [0.2, 0.25) is 5.91 Å². The minimum absolute atomic E-state index is 0.0593. The average molecular weight is 455 g/mol. The van der Waals surface area contributed by atoms with Gasteiger partial charge in [0.1, 0.15) is 17.9 Å². The third-order valence-corrected chi connectivity index (χ3v) is 6.24. The summed E-state index contributed by atoms with van der Waals surface area (Å²) in [6, 6.07) is 6.77. The van der Waals surface area contributed by atoms with Gasteiger partial charge in [-0.05, 0) is 38.1 Å². The Bertz CT molecular complexity index is 1050. The van der Waals surface area contributed by atoms with Gasteiger partial charge in [-0.1, -0.05) is 12.5 Å². The zero-order chi connectivity index (χ0) is 23.2. The van der Waals surface area contributed by atoms with Gasteiger partial charge in [0.05, 0.1) is 19.3 Å². The molecule has 9 heteroatoms. The fraction of sp³-hybridized carbons (Fsp3) is 0.500. The topological polar surface area (TPSA) is 94.0 Å². The molecule has 0 unspecified atom stereocenters. The van der Waals surface area contributed by atoms with Crippen molar-refractivity contribution >= 4 is 11.9 Å². The van der Waals surface area contributed by atoms with Crippen LogP contribution in [0.15, 0.2) is 35.3 Å². The van der Waals surface area contributed by atoms with Crippen molar-refractivity contribution in [2.24, 2.45) is 0 Å². The first-order chi connectivity index (χ1) is 16.1. The summed E-state index contributed by atoms with van der Waals surface area (Å²) in [6.45, 7) is 3.59. The Morgan fingerprint density at radius 2 is 1.88 bits per heavy atom. The molecule has 2 aromatic rings. The number of esters is 1. The number of nitrogens with zero attached hydrogens (tertiary/aromatic N) is 4. The summed E-state index contributed by atoms with van der Waals surface area (Å²) in [5.41, 5.74) is 1.19. The van der Waals surface area contributed by atoms with Gasteiger partial charge in [-0.2, -0.15) is 0 Å². The van der Waals surface area contributed by atoms with Crippen LogP contribution in [-0.4, -0.2) is 71.1 Å². The number of fused-ring (bicyclic) bond motifs is 1. The van der Waals surface area contributed by atoms with Gasteiger partial charge >= 0.3 is 5.97 Å². The van der Waals surface area contributed by atoms with Crippen LogP contribution in [0, 0.1) is 0 Å². The van der Waals surface area contributed by atoms with E-state index in [9.17, 15) is 14.4 Å². The Morgan fingerprint density at radius 1 is 1.06 bits per heavy atom. The maximum Gasteiger partial charge on any atom is 0.343 e. The molecule has 176 valence electrons. The van der Waals surface area contributed by atoms with Crippen LogP contribution in [0.25, 0.3) is 0 Å². The van der Waals surface area contributed by atoms with Crippen LogP contribution in [0.3, 0.4) is 0 Å². The third kappa shape index (κ3) is 5.42. The SMILES string of the molecule is COC(=O)c1c(OCc2ccccn2)cc(=O)n2c1CCN(C(=O)CN1CCCCC1)CC2. The first kappa shape index (κ1) is 23.0. The summed E-state index contributed by atoms with van der Waals surface area (Å²) in [4.78, 5) is 46.7. The number of hydrogen-bond acceptors (Lipinski definition) is 7. The predicted octanol–water partition coefficient (Wildman–Crippen LogP) is 1.48. The standard InChI is InChI=1S/C24H30N4O5/c1-32-24(31)23-19-8-12-27(22(30)16-26-10-5-2-6-11-26)13-14-28(19)21(29)15-20(23)33-17-18-7-3-4-9-25-18/h3-4,7,9,15H,2,5-6,8,10-14,16-17H2,1H3. The van der Waals surface area contributed by atoms with Crippen LogP contribution in [0.4, 0.5) is 0 Å². The van der Waals surface area contributed by atoms with E-state index < -0.39 is 5.97 Å². The number of methoxy groups -OCH3 is 1. The van der Waals surface area contributed by atoms with Crippen LogP contribution in [0.2, 0.25) is 0 Å². The number of hydrogen-bond donors (Lipinski definition) is 0. The molecule has 0 atom stereocenters. The lowest BCUT2D eigenvalue weighted by Gasteiger charge is -2.28. The van der Waals surface area contributed by atoms with Crippen LogP contribution < -0.4 is 10.3 Å². The summed E-state index contributed by atoms with van der Waals surface area (Å²) < 4.78 is 12.4. The average Bonchev–Trinajstić information content (AvgIpc) is 3.07. The van der Waals surface area contributed by atoms with Crippen molar-refractivity contribution in [2.75, 3.05) is 39.8 Å². The number of rotatable bonds is 6. The monoisotopic (exact) mass is 454 g/mol. The zero-order valence-corrected chi connectivity index (χ0v) is 19.0. The van der Waals surface area contributed by atoms with E-state index in [1.807, 2.05) is 6.07 Å². The minimum atomic E-state index is -0.567. The van der Waals surface area contributed by atoms with Gasteiger partial charge in [-0.15, -0.1) is 0 Å². The van der Waals surface area contributed by atoms with Gasteiger partial charge in [0.15, 0.2) is 0 Å². The van der Waals surface area contributed by atoms with E-state index >= 15 is 0 Å². The highest BCUT2D eigenvalue weighted by Gasteiger charge is 2.28. The van der Waals surface area contributed by atoms with Gasteiger partial charge in [0.25, 0.3) is 5.56 Å². The molecule has 0 aromatic carbocycles. The molecule has 2 aliphatic rings. The number of aromatic nitrogens is 2. The van der Waals surface area contributed by atoms with Crippen molar-refractivity contribution in [3.8, 4) is 5.75 Å². The Balaban J connectivity index is 1.55. The molecule has 1 fully saturated rings. The molecule has 2 aromatic heterocycles. The van der Waals surface area contributed by atoms with E-state index in [1.165, 1.54) is 19.6 Å². The first-order valence-electron chi connectivity index (χ1n) is 11.4. The molecular weight excluding hydrogens is 424 g/mol. The molecule has 1 amide bonds. The largest absolute Gasteiger partial charge is 0.486 e. The third-order valence-electron chi connectivity index (χ3n) is 6.24. The number of likely N-dealkylation sites (tertiary alicyclic amines) is 1. The van der Waals surface area contributed by atoms with Gasteiger partial charge in [0, 0.05) is 44.0 Å². The van der Waals surface area contributed by atoms with Crippen LogP contribution in [0.1, 0.15) is 41.0 Å². The molecule has 2 aliphatic heterocycles. The number of piperidine rings is 1. The molecule has 0 N–H and O–H groups in total. The van der Waals surface area contributed by atoms with E-state index in [-0.39, 0.29) is 29.4 Å².